The van der Waals surface area contributed by atoms with E-state index in [2.05, 4.69) is 65.0 Å². The zero-order valence-electron chi connectivity index (χ0n) is 13.5. The summed E-state index contributed by atoms with van der Waals surface area (Å²) in [5.74, 6) is 0. The highest BCUT2D eigenvalue weighted by atomic mass is 14.1. The second-order valence-electron chi connectivity index (χ2n) is 5.98. The Hall–Kier alpha value is -1.56. The molecule has 0 aromatic heterocycles. The standard InChI is InChI=1S/C20H26/c1-6-19-13-18(12-15(3)17(19)5)8-10-20-9-7-14(2)11-16(20)4/h7,9,11-13H,6,8,10H2,1-5H3. The largest absolute Gasteiger partial charge is 0.0613 e. The van der Waals surface area contributed by atoms with Gasteiger partial charge in [0.05, 0.1) is 0 Å². The molecule has 0 aliphatic carbocycles. The van der Waals surface area contributed by atoms with Gasteiger partial charge in [-0.05, 0) is 80.3 Å². The lowest BCUT2D eigenvalue weighted by Crippen LogP contribution is -1.98. The van der Waals surface area contributed by atoms with E-state index in [-0.39, 0.29) is 0 Å². The van der Waals surface area contributed by atoms with Crippen LogP contribution in [0, 0.1) is 27.7 Å². The van der Waals surface area contributed by atoms with Crippen molar-refractivity contribution in [2.45, 2.75) is 53.9 Å². The number of aryl methyl sites for hydroxylation is 6. The van der Waals surface area contributed by atoms with E-state index in [9.17, 15) is 0 Å². The maximum absolute atomic E-state index is 2.39. The predicted octanol–water partition coefficient (Wildman–Crippen LogP) is 5.27. The molecule has 0 heterocycles. The van der Waals surface area contributed by atoms with Gasteiger partial charge in [-0.25, -0.2) is 0 Å². The van der Waals surface area contributed by atoms with Crippen LogP contribution in [-0.4, -0.2) is 0 Å². The van der Waals surface area contributed by atoms with Crippen LogP contribution in [0.25, 0.3) is 0 Å². The average molecular weight is 266 g/mol. The van der Waals surface area contributed by atoms with Crippen molar-refractivity contribution in [1.29, 1.82) is 0 Å². The van der Waals surface area contributed by atoms with Crippen LogP contribution < -0.4 is 0 Å². The summed E-state index contributed by atoms with van der Waals surface area (Å²) in [5.41, 5.74) is 10.1. The third-order valence-corrected chi connectivity index (χ3v) is 4.40. The molecule has 0 saturated carbocycles. The SMILES string of the molecule is CCc1cc(CCc2ccc(C)cc2C)cc(C)c1C. The Kier molecular flexibility index (Phi) is 4.65. The highest BCUT2D eigenvalue weighted by Gasteiger charge is 2.05. The molecule has 0 atom stereocenters. The van der Waals surface area contributed by atoms with E-state index in [1.807, 2.05) is 0 Å². The molecule has 2 aromatic carbocycles. The molecule has 0 N–H and O–H groups in total. The zero-order valence-corrected chi connectivity index (χ0v) is 13.5. The van der Waals surface area contributed by atoms with E-state index in [1.165, 1.54) is 38.9 Å². The Balaban J connectivity index is 2.16. The summed E-state index contributed by atoms with van der Waals surface area (Å²) in [7, 11) is 0. The first-order valence-electron chi connectivity index (χ1n) is 7.66. The van der Waals surface area contributed by atoms with Crippen LogP contribution in [0.4, 0.5) is 0 Å². The summed E-state index contributed by atoms with van der Waals surface area (Å²) in [6.07, 6.45) is 3.40. The van der Waals surface area contributed by atoms with Crippen molar-refractivity contribution in [1.82, 2.24) is 0 Å². The minimum absolute atomic E-state index is 1.13. The van der Waals surface area contributed by atoms with Crippen molar-refractivity contribution in [2.24, 2.45) is 0 Å². The maximum atomic E-state index is 2.39. The predicted molar refractivity (Wildman–Crippen MR) is 88.6 cm³/mol. The van der Waals surface area contributed by atoms with Crippen molar-refractivity contribution in [3.05, 3.63) is 69.3 Å². The topological polar surface area (TPSA) is 0 Å². The van der Waals surface area contributed by atoms with Crippen molar-refractivity contribution >= 4 is 0 Å². The minimum Gasteiger partial charge on any atom is -0.0613 e. The lowest BCUT2D eigenvalue weighted by atomic mass is 9.94. The van der Waals surface area contributed by atoms with E-state index in [4.69, 9.17) is 0 Å². The molecule has 2 rings (SSSR count). The molecule has 0 amide bonds. The smallest absolute Gasteiger partial charge is 0.0236 e. The van der Waals surface area contributed by atoms with E-state index in [1.54, 1.807) is 0 Å². The summed E-state index contributed by atoms with van der Waals surface area (Å²) in [5, 5.41) is 0. The Bertz CT molecular complexity index is 606. The minimum atomic E-state index is 1.13. The average Bonchev–Trinajstić information content (AvgIpc) is 2.41. The molecule has 0 unspecified atom stereocenters. The molecule has 0 aliphatic heterocycles. The van der Waals surface area contributed by atoms with Crippen LogP contribution in [0.3, 0.4) is 0 Å². The molecule has 0 bridgehead atoms. The van der Waals surface area contributed by atoms with Crippen molar-refractivity contribution < 1.29 is 0 Å². The fraction of sp³-hybridized carbons (Fsp3) is 0.400. The zero-order chi connectivity index (χ0) is 14.7. The van der Waals surface area contributed by atoms with Gasteiger partial charge in [0.15, 0.2) is 0 Å². The van der Waals surface area contributed by atoms with Crippen LogP contribution in [0.1, 0.15) is 45.9 Å². The molecule has 0 saturated heterocycles. The molecule has 20 heavy (non-hydrogen) atoms. The van der Waals surface area contributed by atoms with Gasteiger partial charge in [0.2, 0.25) is 0 Å². The summed E-state index contributed by atoms with van der Waals surface area (Å²) in [6, 6.07) is 11.5. The molecule has 0 heteroatoms. The summed E-state index contributed by atoms with van der Waals surface area (Å²) < 4.78 is 0. The fourth-order valence-electron chi connectivity index (χ4n) is 2.93. The van der Waals surface area contributed by atoms with Gasteiger partial charge in [0.25, 0.3) is 0 Å². The molecular weight excluding hydrogens is 240 g/mol. The quantitative estimate of drug-likeness (QED) is 0.707. The monoisotopic (exact) mass is 266 g/mol. The first-order valence-corrected chi connectivity index (χ1v) is 7.66. The van der Waals surface area contributed by atoms with Crippen LogP contribution in [0.5, 0.6) is 0 Å². The van der Waals surface area contributed by atoms with Gasteiger partial charge in [-0.1, -0.05) is 42.8 Å². The van der Waals surface area contributed by atoms with E-state index in [0.29, 0.717) is 0 Å². The first-order chi connectivity index (χ1) is 9.51. The lowest BCUT2D eigenvalue weighted by molar-refractivity contribution is 0.936. The molecule has 0 spiro atoms. The molecule has 0 nitrogen and oxygen atoms in total. The van der Waals surface area contributed by atoms with Gasteiger partial charge in [0, 0.05) is 0 Å². The van der Waals surface area contributed by atoms with Gasteiger partial charge in [0.1, 0.15) is 0 Å². The molecule has 2 aromatic rings. The normalized spacial score (nSPS) is 10.8. The molecule has 0 radical (unpaired) electrons. The van der Waals surface area contributed by atoms with E-state index >= 15 is 0 Å². The van der Waals surface area contributed by atoms with Gasteiger partial charge in [-0.2, -0.15) is 0 Å². The Morgan fingerprint density at radius 3 is 2.15 bits per heavy atom. The van der Waals surface area contributed by atoms with Gasteiger partial charge in [-0.3, -0.25) is 0 Å². The maximum Gasteiger partial charge on any atom is -0.0236 e. The van der Waals surface area contributed by atoms with Gasteiger partial charge in [-0.15, -0.1) is 0 Å². The van der Waals surface area contributed by atoms with Crippen molar-refractivity contribution in [3.8, 4) is 0 Å². The molecule has 0 fully saturated rings. The summed E-state index contributed by atoms with van der Waals surface area (Å²) in [4.78, 5) is 0. The van der Waals surface area contributed by atoms with Crippen molar-refractivity contribution in [2.75, 3.05) is 0 Å². The number of benzene rings is 2. The first kappa shape index (κ1) is 14.8. The summed E-state index contributed by atoms with van der Waals surface area (Å²) >= 11 is 0. The van der Waals surface area contributed by atoms with Crippen LogP contribution >= 0.6 is 0 Å². The van der Waals surface area contributed by atoms with Gasteiger partial charge >= 0.3 is 0 Å². The van der Waals surface area contributed by atoms with Crippen LogP contribution in [0.2, 0.25) is 0 Å². The van der Waals surface area contributed by atoms with E-state index < -0.39 is 0 Å². The molecular formula is C20H26. The number of hydrogen-bond donors (Lipinski definition) is 0. The second-order valence-corrected chi connectivity index (χ2v) is 5.98. The fourth-order valence-corrected chi connectivity index (χ4v) is 2.93. The van der Waals surface area contributed by atoms with Crippen LogP contribution in [0.15, 0.2) is 30.3 Å². The number of hydrogen-bond acceptors (Lipinski definition) is 0. The highest BCUT2D eigenvalue weighted by molar-refractivity contribution is 5.38. The van der Waals surface area contributed by atoms with Gasteiger partial charge < -0.3 is 0 Å². The highest BCUT2D eigenvalue weighted by Crippen LogP contribution is 2.19. The second kappa shape index (κ2) is 6.26. The lowest BCUT2D eigenvalue weighted by Gasteiger charge is -2.12. The van der Waals surface area contributed by atoms with Crippen molar-refractivity contribution in [3.63, 3.8) is 0 Å². The van der Waals surface area contributed by atoms with Crippen LogP contribution in [-0.2, 0) is 19.3 Å². The summed E-state index contributed by atoms with van der Waals surface area (Å²) in [6.45, 7) is 11.1. The third kappa shape index (κ3) is 3.30. The number of rotatable bonds is 4. The molecule has 0 aliphatic rings. The Morgan fingerprint density at radius 2 is 1.50 bits per heavy atom. The Morgan fingerprint density at radius 1 is 0.750 bits per heavy atom. The third-order valence-electron chi connectivity index (χ3n) is 4.40. The Labute approximate surface area is 123 Å². The van der Waals surface area contributed by atoms with E-state index in [0.717, 1.165) is 19.3 Å². The molecule has 106 valence electrons.